The normalized spacial score (nSPS) is 28.4. The van der Waals surface area contributed by atoms with Crippen molar-refractivity contribution in [1.82, 2.24) is 10.2 Å². The third-order valence-electron chi connectivity index (χ3n) is 2.57. The summed E-state index contributed by atoms with van der Waals surface area (Å²) in [5.74, 6) is 0.399. The van der Waals surface area contributed by atoms with Crippen LogP contribution in [0.4, 0.5) is 0 Å². The Morgan fingerprint density at radius 2 is 2.19 bits per heavy atom. The number of likely N-dealkylation sites (tertiary alicyclic amines) is 1. The molecular formula is C11H24N4O. The number of rotatable bonds is 2. The largest absolute Gasteiger partial charge is 0.387 e. The second-order valence-corrected chi connectivity index (χ2v) is 5.79. The average Bonchev–Trinajstić information content (AvgIpc) is 2.41. The van der Waals surface area contributed by atoms with Crippen molar-refractivity contribution >= 4 is 5.96 Å². The number of aliphatic imine (C=N–C) groups is 1. The van der Waals surface area contributed by atoms with E-state index in [-0.39, 0.29) is 5.54 Å². The first-order valence-corrected chi connectivity index (χ1v) is 5.69. The molecule has 1 atom stereocenters. The quantitative estimate of drug-likeness (QED) is 0.450. The van der Waals surface area contributed by atoms with Crippen LogP contribution in [0.3, 0.4) is 0 Å². The van der Waals surface area contributed by atoms with Gasteiger partial charge >= 0.3 is 0 Å². The Morgan fingerprint density at radius 3 is 2.62 bits per heavy atom. The summed E-state index contributed by atoms with van der Waals surface area (Å²) in [5.41, 5.74) is 4.94. The number of aliphatic hydroxyl groups is 1. The molecule has 16 heavy (non-hydrogen) atoms. The van der Waals surface area contributed by atoms with Gasteiger partial charge in [0.15, 0.2) is 5.96 Å². The Balaban J connectivity index is 2.46. The van der Waals surface area contributed by atoms with Crippen LogP contribution in [0.5, 0.6) is 0 Å². The first-order chi connectivity index (χ1) is 7.20. The van der Waals surface area contributed by atoms with E-state index in [0.29, 0.717) is 19.0 Å². The Bertz CT molecular complexity index is 272. The lowest BCUT2D eigenvalue weighted by atomic mass is 10.0. The molecule has 0 aliphatic carbocycles. The van der Waals surface area contributed by atoms with Gasteiger partial charge in [-0.2, -0.15) is 0 Å². The van der Waals surface area contributed by atoms with Crippen molar-refractivity contribution in [3.63, 3.8) is 0 Å². The zero-order chi connectivity index (χ0) is 12.4. The van der Waals surface area contributed by atoms with Crippen molar-refractivity contribution in [2.24, 2.45) is 10.7 Å². The summed E-state index contributed by atoms with van der Waals surface area (Å²) in [5, 5.41) is 13.3. The smallest absolute Gasteiger partial charge is 0.189 e. The number of hydrogen-bond acceptors (Lipinski definition) is 3. The van der Waals surface area contributed by atoms with E-state index in [0.717, 1.165) is 13.0 Å². The Kier molecular flexibility index (Phi) is 3.80. The van der Waals surface area contributed by atoms with E-state index in [1.165, 1.54) is 0 Å². The molecule has 0 bridgehead atoms. The summed E-state index contributed by atoms with van der Waals surface area (Å²) in [6, 6.07) is 0. The van der Waals surface area contributed by atoms with Gasteiger partial charge in [0.05, 0.1) is 12.1 Å². The van der Waals surface area contributed by atoms with Crippen LogP contribution in [0, 0.1) is 0 Å². The first kappa shape index (κ1) is 13.3. The average molecular weight is 228 g/mol. The first-order valence-electron chi connectivity index (χ1n) is 5.69. The van der Waals surface area contributed by atoms with E-state index >= 15 is 0 Å². The highest BCUT2D eigenvalue weighted by atomic mass is 16.3. The SMILES string of the molecule is CN1CCC(O)(CN=C(N)NC(C)(C)C)C1. The lowest BCUT2D eigenvalue weighted by Crippen LogP contribution is -2.46. The van der Waals surface area contributed by atoms with E-state index in [1.54, 1.807) is 0 Å². The Labute approximate surface area is 97.7 Å². The maximum atomic E-state index is 10.2. The molecule has 1 heterocycles. The maximum Gasteiger partial charge on any atom is 0.189 e. The molecule has 0 radical (unpaired) electrons. The summed E-state index contributed by atoms with van der Waals surface area (Å²) >= 11 is 0. The molecule has 1 aliphatic heterocycles. The van der Waals surface area contributed by atoms with E-state index in [2.05, 4.69) is 15.2 Å². The van der Waals surface area contributed by atoms with Gasteiger partial charge < -0.3 is 21.1 Å². The van der Waals surface area contributed by atoms with E-state index < -0.39 is 5.60 Å². The molecule has 1 aliphatic rings. The standard InChI is InChI=1S/C11H24N4O/c1-10(2,3)14-9(12)13-7-11(16)5-6-15(4)8-11/h16H,5-8H2,1-4H3,(H3,12,13,14). The third kappa shape index (κ3) is 4.37. The number of nitrogens with two attached hydrogens (primary N) is 1. The van der Waals surface area contributed by atoms with E-state index in [9.17, 15) is 5.11 Å². The van der Waals surface area contributed by atoms with Gasteiger partial charge in [-0.1, -0.05) is 0 Å². The van der Waals surface area contributed by atoms with Gasteiger partial charge in [-0.25, -0.2) is 0 Å². The zero-order valence-corrected chi connectivity index (χ0v) is 10.7. The maximum absolute atomic E-state index is 10.2. The summed E-state index contributed by atoms with van der Waals surface area (Å²) < 4.78 is 0. The Morgan fingerprint density at radius 1 is 1.56 bits per heavy atom. The van der Waals surface area contributed by atoms with Crippen molar-refractivity contribution in [3.05, 3.63) is 0 Å². The molecule has 5 heteroatoms. The van der Waals surface area contributed by atoms with Crippen molar-refractivity contribution < 1.29 is 5.11 Å². The van der Waals surface area contributed by atoms with Crippen molar-refractivity contribution in [2.45, 2.75) is 38.3 Å². The topological polar surface area (TPSA) is 73.9 Å². The molecule has 94 valence electrons. The van der Waals surface area contributed by atoms with Gasteiger partial charge in [-0.3, -0.25) is 4.99 Å². The molecule has 1 rings (SSSR count). The number of β-amino-alcohol motifs (C(OH)–C–C–N with tert-alkyl or cyclic N) is 1. The molecule has 1 saturated heterocycles. The van der Waals surface area contributed by atoms with Gasteiger partial charge in [0.25, 0.3) is 0 Å². The number of hydrogen-bond donors (Lipinski definition) is 3. The van der Waals surface area contributed by atoms with Gasteiger partial charge in [-0.05, 0) is 34.2 Å². The number of likely N-dealkylation sites (N-methyl/N-ethyl adjacent to an activating group) is 1. The molecule has 1 fully saturated rings. The molecule has 0 aromatic heterocycles. The highest BCUT2D eigenvalue weighted by molar-refractivity contribution is 5.78. The van der Waals surface area contributed by atoms with Crippen molar-refractivity contribution in [3.8, 4) is 0 Å². The van der Waals surface area contributed by atoms with Crippen LogP contribution in [0.1, 0.15) is 27.2 Å². The summed E-state index contributed by atoms with van der Waals surface area (Å²) in [4.78, 5) is 6.30. The molecule has 0 saturated carbocycles. The third-order valence-corrected chi connectivity index (χ3v) is 2.57. The van der Waals surface area contributed by atoms with Crippen LogP contribution < -0.4 is 11.1 Å². The van der Waals surface area contributed by atoms with Gasteiger partial charge in [0.1, 0.15) is 0 Å². The van der Waals surface area contributed by atoms with Crippen LogP contribution in [0.25, 0.3) is 0 Å². The molecule has 4 N–H and O–H groups in total. The molecule has 1 unspecified atom stereocenters. The van der Waals surface area contributed by atoms with Crippen LogP contribution in [-0.2, 0) is 0 Å². The molecule has 0 aromatic rings. The van der Waals surface area contributed by atoms with Crippen LogP contribution >= 0.6 is 0 Å². The van der Waals surface area contributed by atoms with Crippen LogP contribution in [-0.4, -0.2) is 53.8 Å². The fourth-order valence-corrected chi connectivity index (χ4v) is 1.84. The monoisotopic (exact) mass is 228 g/mol. The molecule has 0 amide bonds. The van der Waals surface area contributed by atoms with Crippen molar-refractivity contribution in [2.75, 3.05) is 26.7 Å². The summed E-state index contributed by atoms with van der Waals surface area (Å²) in [6.45, 7) is 8.01. The molecular weight excluding hydrogens is 204 g/mol. The van der Waals surface area contributed by atoms with Crippen LogP contribution in [0.2, 0.25) is 0 Å². The predicted octanol–water partition coefficient (Wildman–Crippen LogP) is -0.244. The summed E-state index contributed by atoms with van der Waals surface area (Å²) in [6.07, 6.45) is 0.760. The summed E-state index contributed by atoms with van der Waals surface area (Å²) in [7, 11) is 2.00. The minimum atomic E-state index is -0.709. The lowest BCUT2D eigenvalue weighted by Gasteiger charge is -2.23. The van der Waals surface area contributed by atoms with E-state index in [4.69, 9.17) is 5.73 Å². The fourth-order valence-electron chi connectivity index (χ4n) is 1.84. The van der Waals surface area contributed by atoms with E-state index in [1.807, 2.05) is 27.8 Å². The van der Waals surface area contributed by atoms with Crippen LogP contribution in [0.15, 0.2) is 4.99 Å². The predicted molar refractivity (Wildman–Crippen MR) is 66.4 cm³/mol. The molecule has 0 spiro atoms. The number of guanidine groups is 1. The van der Waals surface area contributed by atoms with Gasteiger partial charge in [0.2, 0.25) is 0 Å². The lowest BCUT2D eigenvalue weighted by molar-refractivity contribution is 0.0613. The second kappa shape index (κ2) is 4.59. The fraction of sp³-hybridized carbons (Fsp3) is 0.909. The number of nitrogens with zero attached hydrogens (tertiary/aromatic N) is 2. The number of nitrogens with one attached hydrogen (secondary N) is 1. The highest BCUT2D eigenvalue weighted by Crippen LogP contribution is 2.19. The highest BCUT2D eigenvalue weighted by Gasteiger charge is 2.34. The second-order valence-electron chi connectivity index (χ2n) is 5.79. The molecule has 0 aromatic carbocycles. The minimum Gasteiger partial charge on any atom is -0.387 e. The Hall–Kier alpha value is -0.810. The minimum absolute atomic E-state index is 0.0946. The molecule has 5 nitrogen and oxygen atoms in total. The zero-order valence-electron chi connectivity index (χ0n) is 10.7. The van der Waals surface area contributed by atoms with Gasteiger partial charge in [0, 0.05) is 18.6 Å². The van der Waals surface area contributed by atoms with Crippen molar-refractivity contribution in [1.29, 1.82) is 0 Å². The van der Waals surface area contributed by atoms with Gasteiger partial charge in [-0.15, -0.1) is 0 Å².